The standard InChI is InChI=1S/C19H19ClN6O2/c1-2-27-12-6-7-14-17-18(13-9-22-15(20)10-21-13)23-26(16-5-3-4-8-28-16)19(17)24-25(14)11-12/h6-7,9-11,16H,2-5,8H2,1H3. The Balaban J connectivity index is 1.74. The number of hydrogen-bond donors (Lipinski definition) is 0. The van der Waals surface area contributed by atoms with Crippen LogP contribution < -0.4 is 4.74 Å². The predicted octanol–water partition coefficient (Wildman–Crippen LogP) is 3.89. The van der Waals surface area contributed by atoms with Crippen molar-refractivity contribution in [3.63, 3.8) is 0 Å². The summed E-state index contributed by atoms with van der Waals surface area (Å²) in [5, 5.41) is 10.9. The third-order valence-corrected chi connectivity index (χ3v) is 5.04. The zero-order valence-electron chi connectivity index (χ0n) is 15.4. The largest absolute Gasteiger partial charge is 0.492 e. The fraction of sp³-hybridized carbons (Fsp3) is 0.368. The average Bonchev–Trinajstić information content (AvgIpc) is 3.26. The quantitative estimate of drug-likeness (QED) is 0.518. The highest BCUT2D eigenvalue weighted by Gasteiger charge is 2.26. The van der Waals surface area contributed by atoms with Gasteiger partial charge in [0.05, 0.1) is 36.1 Å². The molecule has 1 atom stereocenters. The number of aromatic nitrogens is 6. The normalized spacial score (nSPS) is 17.4. The zero-order valence-corrected chi connectivity index (χ0v) is 16.1. The molecule has 0 radical (unpaired) electrons. The Morgan fingerprint density at radius 2 is 2.14 bits per heavy atom. The molecule has 0 saturated carbocycles. The Morgan fingerprint density at radius 1 is 1.21 bits per heavy atom. The van der Waals surface area contributed by atoms with E-state index in [1.165, 1.54) is 6.20 Å². The van der Waals surface area contributed by atoms with Crippen LogP contribution in [-0.2, 0) is 4.74 Å². The lowest BCUT2D eigenvalue weighted by Gasteiger charge is -2.22. The van der Waals surface area contributed by atoms with Crippen LogP contribution in [0.2, 0.25) is 5.15 Å². The average molecular weight is 399 g/mol. The van der Waals surface area contributed by atoms with Gasteiger partial charge < -0.3 is 9.47 Å². The Labute approximate surface area is 166 Å². The summed E-state index contributed by atoms with van der Waals surface area (Å²) in [6, 6.07) is 3.92. The van der Waals surface area contributed by atoms with Crippen LogP contribution in [0, 0.1) is 0 Å². The van der Waals surface area contributed by atoms with E-state index in [4.69, 9.17) is 31.3 Å². The van der Waals surface area contributed by atoms with Gasteiger partial charge in [-0.05, 0) is 38.3 Å². The summed E-state index contributed by atoms with van der Waals surface area (Å²) >= 11 is 5.92. The summed E-state index contributed by atoms with van der Waals surface area (Å²) in [4.78, 5) is 8.58. The number of fused-ring (bicyclic) bond motifs is 3. The topological polar surface area (TPSA) is 79.4 Å². The summed E-state index contributed by atoms with van der Waals surface area (Å²) < 4.78 is 15.3. The summed E-state index contributed by atoms with van der Waals surface area (Å²) in [5.74, 6) is 0.765. The summed E-state index contributed by atoms with van der Waals surface area (Å²) in [6.07, 6.45) is 7.97. The molecule has 0 bridgehead atoms. The zero-order chi connectivity index (χ0) is 19.1. The second kappa shape index (κ2) is 7.03. The molecule has 8 nitrogen and oxygen atoms in total. The monoisotopic (exact) mass is 398 g/mol. The van der Waals surface area contributed by atoms with Crippen molar-refractivity contribution in [2.45, 2.75) is 32.4 Å². The minimum atomic E-state index is -0.137. The highest BCUT2D eigenvalue weighted by molar-refractivity contribution is 6.29. The smallest absolute Gasteiger partial charge is 0.184 e. The van der Waals surface area contributed by atoms with Crippen molar-refractivity contribution in [3.8, 4) is 17.1 Å². The maximum atomic E-state index is 5.97. The molecule has 1 unspecified atom stereocenters. The highest BCUT2D eigenvalue weighted by atomic mass is 35.5. The number of pyridine rings is 1. The van der Waals surface area contributed by atoms with E-state index in [0.717, 1.165) is 48.2 Å². The van der Waals surface area contributed by atoms with E-state index in [-0.39, 0.29) is 6.23 Å². The lowest BCUT2D eigenvalue weighted by molar-refractivity contribution is -0.0369. The molecule has 144 valence electrons. The van der Waals surface area contributed by atoms with Crippen LogP contribution in [0.25, 0.3) is 27.9 Å². The van der Waals surface area contributed by atoms with Crippen molar-refractivity contribution in [1.29, 1.82) is 0 Å². The van der Waals surface area contributed by atoms with Crippen molar-refractivity contribution in [1.82, 2.24) is 29.4 Å². The van der Waals surface area contributed by atoms with Gasteiger partial charge in [0.25, 0.3) is 0 Å². The first-order chi connectivity index (χ1) is 13.7. The maximum Gasteiger partial charge on any atom is 0.184 e. The molecule has 4 aromatic rings. The molecule has 5 heterocycles. The van der Waals surface area contributed by atoms with E-state index < -0.39 is 0 Å². The third kappa shape index (κ3) is 2.89. The molecule has 0 spiro atoms. The molecule has 9 heteroatoms. The van der Waals surface area contributed by atoms with Crippen LogP contribution in [0.1, 0.15) is 32.4 Å². The summed E-state index contributed by atoms with van der Waals surface area (Å²) in [6.45, 7) is 3.28. The van der Waals surface area contributed by atoms with E-state index in [0.29, 0.717) is 23.1 Å². The van der Waals surface area contributed by atoms with Crippen molar-refractivity contribution >= 4 is 28.2 Å². The maximum absolute atomic E-state index is 5.97. The van der Waals surface area contributed by atoms with Gasteiger partial charge in [-0.15, -0.1) is 5.10 Å². The van der Waals surface area contributed by atoms with Gasteiger partial charge >= 0.3 is 0 Å². The second-order valence-corrected chi connectivity index (χ2v) is 7.05. The predicted molar refractivity (Wildman–Crippen MR) is 105 cm³/mol. The van der Waals surface area contributed by atoms with Gasteiger partial charge in [0.1, 0.15) is 22.3 Å². The number of ether oxygens (including phenoxy) is 2. The van der Waals surface area contributed by atoms with Crippen LogP contribution in [0.5, 0.6) is 5.75 Å². The Kier molecular flexibility index (Phi) is 4.37. The van der Waals surface area contributed by atoms with Crippen molar-refractivity contribution in [3.05, 3.63) is 35.9 Å². The first-order valence-electron chi connectivity index (χ1n) is 9.37. The van der Waals surface area contributed by atoms with Crippen LogP contribution in [0.3, 0.4) is 0 Å². The molecule has 1 aliphatic rings. The lowest BCUT2D eigenvalue weighted by Crippen LogP contribution is -2.19. The van der Waals surface area contributed by atoms with E-state index in [2.05, 4.69) is 9.97 Å². The number of halogens is 1. The van der Waals surface area contributed by atoms with Crippen LogP contribution in [-0.4, -0.2) is 42.6 Å². The molecule has 5 rings (SSSR count). The van der Waals surface area contributed by atoms with Gasteiger partial charge in [-0.25, -0.2) is 19.2 Å². The first-order valence-corrected chi connectivity index (χ1v) is 9.75. The molecule has 0 amide bonds. The van der Waals surface area contributed by atoms with Crippen molar-refractivity contribution in [2.24, 2.45) is 0 Å². The molecule has 1 aliphatic heterocycles. The Hall–Kier alpha value is -2.71. The van der Waals surface area contributed by atoms with Gasteiger partial charge in [-0.2, -0.15) is 5.10 Å². The number of rotatable bonds is 4. The third-order valence-electron chi connectivity index (χ3n) is 4.85. The van der Waals surface area contributed by atoms with Crippen LogP contribution in [0.4, 0.5) is 0 Å². The van der Waals surface area contributed by atoms with E-state index in [9.17, 15) is 0 Å². The van der Waals surface area contributed by atoms with Gasteiger partial charge in [0.2, 0.25) is 0 Å². The molecule has 0 aromatic carbocycles. The van der Waals surface area contributed by atoms with Crippen molar-refractivity contribution in [2.75, 3.05) is 13.2 Å². The van der Waals surface area contributed by atoms with E-state index in [1.807, 2.05) is 34.5 Å². The molecule has 4 aromatic heterocycles. The van der Waals surface area contributed by atoms with Gasteiger partial charge in [-0.1, -0.05) is 11.6 Å². The Bertz CT molecular complexity index is 1130. The molecule has 1 fully saturated rings. The fourth-order valence-electron chi connectivity index (χ4n) is 3.59. The second-order valence-electron chi connectivity index (χ2n) is 6.66. The first kappa shape index (κ1) is 17.4. The van der Waals surface area contributed by atoms with Gasteiger partial charge in [0, 0.05) is 6.61 Å². The van der Waals surface area contributed by atoms with Gasteiger partial charge in [-0.3, -0.25) is 0 Å². The minimum Gasteiger partial charge on any atom is -0.492 e. The van der Waals surface area contributed by atoms with Crippen LogP contribution in [0.15, 0.2) is 30.7 Å². The van der Waals surface area contributed by atoms with E-state index in [1.54, 1.807) is 6.20 Å². The van der Waals surface area contributed by atoms with Crippen LogP contribution >= 0.6 is 11.6 Å². The highest BCUT2D eigenvalue weighted by Crippen LogP contribution is 2.34. The molecule has 0 N–H and O–H groups in total. The SMILES string of the molecule is CCOc1ccc2c3c(-c4cnc(Cl)cn4)nn(C4CCCCO4)c3nn2c1. The minimum absolute atomic E-state index is 0.137. The summed E-state index contributed by atoms with van der Waals surface area (Å²) in [5.41, 5.74) is 3.04. The molecule has 0 aliphatic carbocycles. The lowest BCUT2D eigenvalue weighted by atomic mass is 10.2. The van der Waals surface area contributed by atoms with Crippen molar-refractivity contribution < 1.29 is 9.47 Å². The molecular formula is C19H19ClN6O2. The number of hydrogen-bond acceptors (Lipinski definition) is 6. The Morgan fingerprint density at radius 3 is 2.89 bits per heavy atom. The van der Waals surface area contributed by atoms with E-state index >= 15 is 0 Å². The molecule has 1 saturated heterocycles. The van der Waals surface area contributed by atoms with Gasteiger partial charge in [0.15, 0.2) is 11.9 Å². The molecular weight excluding hydrogens is 380 g/mol. The molecule has 28 heavy (non-hydrogen) atoms. The fourth-order valence-corrected chi connectivity index (χ4v) is 3.69. The summed E-state index contributed by atoms with van der Waals surface area (Å²) in [7, 11) is 0. The number of nitrogens with zero attached hydrogens (tertiary/aromatic N) is 6.